The first-order valence-electron chi connectivity index (χ1n) is 6.18. The van der Waals surface area contributed by atoms with E-state index in [1.54, 1.807) is 24.3 Å². The summed E-state index contributed by atoms with van der Waals surface area (Å²) in [6.45, 7) is -0.138. The molecule has 2 N–H and O–H groups in total. The van der Waals surface area contributed by atoms with Crippen LogP contribution in [0.25, 0.3) is 6.08 Å². The number of hydrogen-bond donors (Lipinski definition) is 2. The van der Waals surface area contributed by atoms with Gasteiger partial charge in [0.1, 0.15) is 28.8 Å². The van der Waals surface area contributed by atoms with Crippen LogP contribution in [0.4, 0.5) is 0 Å². The molecule has 0 saturated carbocycles. The lowest BCUT2D eigenvalue weighted by molar-refractivity contribution is 0.358. The molecule has 0 aliphatic carbocycles. The highest BCUT2D eigenvalue weighted by Gasteiger charge is 2.32. The van der Waals surface area contributed by atoms with Crippen LogP contribution in [0.2, 0.25) is 0 Å². The lowest BCUT2D eigenvalue weighted by Gasteiger charge is -2.08. The SMILES string of the molecule is O=S1(=O)C(COc2ccc(O)cc2)=Cc2cccc(O)c21. The highest BCUT2D eigenvalue weighted by atomic mass is 32.2. The molecule has 6 heteroatoms. The number of rotatable bonds is 3. The molecule has 108 valence electrons. The minimum absolute atomic E-state index is 0.0747. The molecule has 1 heterocycles. The van der Waals surface area contributed by atoms with Gasteiger partial charge in [-0.25, -0.2) is 8.42 Å². The van der Waals surface area contributed by atoms with Crippen LogP contribution in [0, 0.1) is 0 Å². The van der Waals surface area contributed by atoms with E-state index in [1.807, 2.05) is 0 Å². The monoisotopic (exact) mass is 304 g/mol. The number of hydrogen-bond acceptors (Lipinski definition) is 5. The van der Waals surface area contributed by atoms with Gasteiger partial charge in [-0.2, -0.15) is 0 Å². The van der Waals surface area contributed by atoms with Gasteiger partial charge in [-0.05, 0) is 42.0 Å². The number of phenolic OH excluding ortho intramolecular Hbond substituents is 2. The Kier molecular flexibility index (Phi) is 3.10. The maximum Gasteiger partial charge on any atom is 0.210 e. The van der Waals surface area contributed by atoms with Gasteiger partial charge >= 0.3 is 0 Å². The Morgan fingerprint density at radius 3 is 2.38 bits per heavy atom. The third-order valence-corrected chi connectivity index (χ3v) is 5.08. The Bertz CT molecular complexity index is 820. The van der Waals surface area contributed by atoms with Crippen LogP contribution >= 0.6 is 0 Å². The fourth-order valence-electron chi connectivity index (χ4n) is 2.15. The molecule has 0 amide bonds. The molecule has 0 atom stereocenters. The third-order valence-electron chi connectivity index (χ3n) is 3.17. The first kappa shape index (κ1) is 13.5. The van der Waals surface area contributed by atoms with Crippen molar-refractivity contribution in [2.24, 2.45) is 0 Å². The minimum Gasteiger partial charge on any atom is -0.508 e. The molecule has 2 aromatic carbocycles. The van der Waals surface area contributed by atoms with Gasteiger partial charge in [-0.1, -0.05) is 12.1 Å². The lowest BCUT2D eigenvalue weighted by atomic mass is 10.2. The van der Waals surface area contributed by atoms with Crippen LogP contribution in [0.1, 0.15) is 5.56 Å². The summed E-state index contributed by atoms with van der Waals surface area (Å²) in [5.74, 6) is 0.292. The van der Waals surface area contributed by atoms with Crippen LogP contribution in [-0.2, 0) is 9.84 Å². The topological polar surface area (TPSA) is 83.8 Å². The van der Waals surface area contributed by atoms with Crippen LogP contribution in [0.3, 0.4) is 0 Å². The van der Waals surface area contributed by atoms with Crippen LogP contribution in [0.5, 0.6) is 17.2 Å². The minimum atomic E-state index is -3.72. The highest BCUT2D eigenvalue weighted by Crippen LogP contribution is 2.38. The molecule has 2 aromatic rings. The molecule has 0 bridgehead atoms. The quantitative estimate of drug-likeness (QED) is 0.909. The first-order valence-corrected chi connectivity index (χ1v) is 7.66. The molecule has 1 aliphatic rings. The molecular weight excluding hydrogens is 292 g/mol. The lowest BCUT2D eigenvalue weighted by Crippen LogP contribution is -2.09. The van der Waals surface area contributed by atoms with E-state index in [1.165, 1.54) is 24.3 Å². The molecule has 3 rings (SSSR count). The summed E-state index contributed by atoms with van der Waals surface area (Å²) in [6, 6.07) is 10.5. The van der Waals surface area contributed by atoms with E-state index < -0.39 is 9.84 Å². The Morgan fingerprint density at radius 1 is 1.00 bits per heavy atom. The predicted octanol–water partition coefficient (Wildman–Crippen LogP) is 2.31. The zero-order valence-corrected chi connectivity index (χ0v) is 11.7. The molecule has 0 spiro atoms. The maximum absolute atomic E-state index is 12.3. The number of ether oxygens (including phenoxy) is 1. The molecule has 1 aliphatic heterocycles. The van der Waals surface area contributed by atoms with Crippen molar-refractivity contribution < 1.29 is 23.4 Å². The average molecular weight is 304 g/mol. The van der Waals surface area contributed by atoms with Crippen molar-refractivity contribution >= 4 is 15.9 Å². The zero-order valence-electron chi connectivity index (χ0n) is 10.9. The van der Waals surface area contributed by atoms with E-state index in [2.05, 4.69) is 0 Å². The Labute approximate surface area is 121 Å². The highest BCUT2D eigenvalue weighted by molar-refractivity contribution is 7.96. The van der Waals surface area contributed by atoms with Gasteiger partial charge in [0.2, 0.25) is 9.84 Å². The van der Waals surface area contributed by atoms with Gasteiger partial charge < -0.3 is 14.9 Å². The summed E-state index contributed by atoms with van der Waals surface area (Å²) in [7, 11) is -3.72. The van der Waals surface area contributed by atoms with Gasteiger partial charge in [-0.15, -0.1) is 0 Å². The van der Waals surface area contributed by atoms with Gasteiger partial charge in [0.25, 0.3) is 0 Å². The molecule has 5 nitrogen and oxygen atoms in total. The number of sulfone groups is 1. The van der Waals surface area contributed by atoms with Gasteiger partial charge in [0.15, 0.2) is 0 Å². The Hall–Kier alpha value is -2.47. The van der Waals surface area contributed by atoms with E-state index in [0.717, 1.165) is 0 Å². The summed E-state index contributed by atoms with van der Waals surface area (Å²) in [5.41, 5.74) is 0.458. The summed E-state index contributed by atoms with van der Waals surface area (Å²) >= 11 is 0. The Balaban J connectivity index is 1.85. The third kappa shape index (κ3) is 2.34. The number of aromatic hydroxyl groups is 2. The second kappa shape index (κ2) is 4.82. The summed E-state index contributed by atoms with van der Waals surface area (Å²) in [4.78, 5) is 0.0152. The molecule has 21 heavy (non-hydrogen) atoms. The molecule has 0 fully saturated rings. The summed E-state index contributed by atoms with van der Waals surface area (Å²) < 4.78 is 30.1. The molecule has 0 aromatic heterocycles. The normalized spacial score (nSPS) is 15.3. The standard InChI is InChI=1S/C15H12O5S/c16-11-4-6-12(7-5-11)20-9-13-8-10-2-1-3-14(17)15(10)21(13,18)19/h1-8,16-17H,9H2. The average Bonchev–Trinajstić information content (AvgIpc) is 2.70. The van der Waals surface area contributed by atoms with Crippen molar-refractivity contribution in [2.45, 2.75) is 4.90 Å². The fraction of sp³-hybridized carbons (Fsp3) is 0.0667. The van der Waals surface area contributed by atoms with Crippen molar-refractivity contribution in [2.75, 3.05) is 6.61 Å². The Morgan fingerprint density at radius 2 is 1.71 bits per heavy atom. The number of benzene rings is 2. The molecule has 0 saturated heterocycles. The summed E-state index contributed by atoms with van der Waals surface area (Å²) in [5, 5.41) is 18.9. The van der Waals surface area contributed by atoms with Crippen molar-refractivity contribution in [3.8, 4) is 17.2 Å². The van der Waals surface area contributed by atoms with E-state index in [4.69, 9.17) is 4.74 Å². The predicted molar refractivity (Wildman–Crippen MR) is 76.9 cm³/mol. The number of fused-ring (bicyclic) bond motifs is 1. The van der Waals surface area contributed by atoms with Gasteiger partial charge in [0.05, 0.1) is 4.91 Å². The van der Waals surface area contributed by atoms with E-state index in [9.17, 15) is 18.6 Å². The van der Waals surface area contributed by atoms with E-state index in [0.29, 0.717) is 11.3 Å². The molecular formula is C15H12O5S. The van der Waals surface area contributed by atoms with Crippen molar-refractivity contribution in [3.63, 3.8) is 0 Å². The van der Waals surface area contributed by atoms with E-state index in [-0.39, 0.29) is 27.9 Å². The zero-order chi connectivity index (χ0) is 15.0. The van der Waals surface area contributed by atoms with Crippen LogP contribution in [0.15, 0.2) is 52.3 Å². The van der Waals surface area contributed by atoms with Crippen molar-refractivity contribution in [1.82, 2.24) is 0 Å². The maximum atomic E-state index is 12.3. The first-order chi connectivity index (χ1) is 9.98. The second-order valence-electron chi connectivity index (χ2n) is 4.59. The van der Waals surface area contributed by atoms with Crippen molar-refractivity contribution in [3.05, 3.63) is 52.9 Å². The smallest absolute Gasteiger partial charge is 0.210 e. The fourth-order valence-corrected chi connectivity index (χ4v) is 3.69. The van der Waals surface area contributed by atoms with Crippen LogP contribution < -0.4 is 4.74 Å². The second-order valence-corrected chi connectivity index (χ2v) is 6.53. The van der Waals surface area contributed by atoms with Crippen LogP contribution in [-0.4, -0.2) is 25.2 Å². The summed E-state index contributed by atoms with van der Waals surface area (Å²) in [6.07, 6.45) is 1.49. The molecule has 0 unspecified atom stereocenters. The largest absolute Gasteiger partial charge is 0.508 e. The number of phenols is 2. The van der Waals surface area contributed by atoms with Crippen molar-refractivity contribution in [1.29, 1.82) is 0 Å². The van der Waals surface area contributed by atoms with E-state index >= 15 is 0 Å². The van der Waals surface area contributed by atoms with Gasteiger partial charge in [0, 0.05) is 0 Å². The van der Waals surface area contributed by atoms with Gasteiger partial charge in [-0.3, -0.25) is 0 Å². The molecule has 0 radical (unpaired) electrons.